The first-order valence-electron chi connectivity index (χ1n) is 1.42. The van der Waals surface area contributed by atoms with Gasteiger partial charge in [0.05, 0.1) is 0 Å². The minimum atomic E-state index is -0.142. The van der Waals surface area contributed by atoms with Crippen molar-refractivity contribution in [1.82, 2.24) is 4.42 Å². The van der Waals surface area contributed by atoms with Gasteiger partial charge in [-0.1, -0.05) is 0 Å². The summed E-state index contributed by atoms with van der Waals surface area (Å²) < 4.78 is 1.00. The number of halogens is 1. The maximum absolute atomic E-state index is 8.23. The lowest BCUT2D eigenvalue weighted by atomic mass is 10.9. The van der Waals surface area contributed by atoms with Crippen LogP contribution >= 0.6 is 11.8 Å². The standard InChI is InChI=1S/C3H6ClNO/c1-3(6)5(2)4/h6H,1H2,2H3. The Morgan fingerprint density at radius 1 is 2.00 bits per heavy atom. The molecule has 1 N–H and O–H groups in total. The third kappa shape index (κ3) is 1.91. The largest absolute Gasteiger partial charge is 0.494 e. The van der Waals surface area contributed by atoms with Crippen LogP contribution in [0.2, 0.25) is 0 Å². The summed E-state index contributed by atoms with van der Waals surface area (Å²) in [5.74, 6) is -0.142. The summed E-state index contributed by atoms with van der Waals surface area (Å²) in [7, 11) is 1.49. The van der Waals surface area contributed by atoms with Crippen LogP contribution in [0.5, 0.6) is 0 Å². The van der Waals surface area contributed by atoms with Crippen molar-refractivity contribution < 1.29 is 5.11 Å². The molecule has 0 aliphatic carbocycles. The molecule has 36 valence electrons. The molecule has 0 aromatic carbocycles. The Morgan fingerprint density at radius 2 is 2.17 bits per heavy atom. The third-order valence-electron chi connectivity index (χ3n) is 0.356. The van der Waals surface area contributed by atoms with E-state index in [1.54, 1.807) is 0 Å². The van der Waals surface area contributed by atoms with E-state index >= 15 is 0 Å². The quantitative estimate of drug-likeness (QED) is 0.401. The predicted octanol–water partition coefficient (Wildman–Crippen LogP) is 1.10. The van der Waals surface area contributed by atoms with E-state index in [2.05, 4.69) is 6.58 Å². The molecule has 0 spiro atoms. The Hall–Kier alpha value is -0.370. The van der Waals surface area contributed by atoms with Crippen LogP contribution in [0.15, 0.2) is 12.5 Å². The van der Waals surface area contributed by atoms with Crippen LogP contribution in [-0.4, -0.2) is 16.6 Å². The van der Waals surface area contributed by atoms with Crippen LogP contribution in [0.1, 0.15) is 0 Å². The Bertz CT molecular complexity index is 61.8. The Kier molecular flexibility index (Phi) is 1.81. The number of aliphatic hydroxyl groups excluding tert-OH is 1. The number of hydrogen-bond acceptors (Lipinski definition) is 2. The molecule has 0 unspecified atom stereocenters. The van der Waals surface area contributed by atoms with Crippen molar-refractivity contribution >= 4 is 11.8 Å². The lowest BCUT2D eigenvalue weighted by Crippen LogP contribution is -2.00. The van der Waals surface area contributed by atoms with Gasteiger partial charge in [-0.05, 0) is 6.58 Å². The molecule has 0 aliphatic rings. The number of hydrogen-bond donors (Lipinski definition) is 1. The van der Waals surface area contributed by atoms with E-state index in [4.69, 9.17) is 16.9 Å². The summed E-state index contributed by atoms with van der Waals surface area (Å²) in [6, 6.07) is 0. The van der Waals surface area contributed by atoms with Crippen LogP contribution in [0.25, 0.3) is 0 Å². The van der Waals surface area contributed by atoms with Gasteiger partial charge in [0.2, 0.25) is 0 Å². The van der Waals surface area contributed by atoms with E-state index in [0.717, 1.165) is 4.42 Å². The van der Waals surface area contributed by atoms with Crippen LogP contribution in [-0.2, 0) is 0 Å². The van der Waals surface area contributed by atoms with E-state index in [0.29, 0.717) is 0 Å². The van der Waals surface area contributed by atoms with Crippen molar-refractivity contribution in [3.05, 3.63) is 12.5 Å². The SMILES string of the molecule is C=C(O)N(C)Cl. The molecule has 0 rings (SSSR count). The van der Waals surface area contributed by atoms with Crippen molar-refractivity contribution in [1.29, 1.82) is 0 Å². The molecule has 2 nitrogen and oxygen atoms in total. The Labute approximate surface area is 41.7 Å². The second kappa shape index (κ2) is 1.92. The van der Waals surface area contributed by atoms with Crippen molar-refractivity contribution in [2.24, 2.45) is 0 Å². The zero-order valence-electron chi connectivity index (χ0n) is 3.48. The summed E-state index contributed by atoms with van der Waals surface area (Å²) in [6.07, 6.45) is 0. The summed E-state index contributed by atoms with van der Waals surface area (Å²) in [5.41, 5.74) is 0. The molecule has 3 heteroatoms. The van der Waals surface area contributed by atoms with E-state index in [9.17, 15) is 0 Å². The van der Waals surface area contributed by atoms with Gasteiger partial charge in [0.15, 0.2) is 5.88 Å². The summed E-state index contributed by atoms with van der Waals surface area (Å²) in [4.78, 5) is 0. The second-order valence-corrected chi connectivity index (χ2v) is 1.40. The number of nitrogens with zero attached hydrogens (tertiary/aromatic N) is 1. The van der Waals surface area contributed by atoms with E-state index < -0.39 is 0 Å². The lowest BCUT2D eigenvalue weighted by Gasteiger charge is -2.01. The fourth-order valence-electron chi connectivity index (χ4n) is 0. The highest BCUT2D eigenvalue weighted by Crippen LogP contribution is 1.93. The molecule has 0 heterocycles. The normalized spacial score (nSPS) is 7.67. The molecule has 0 saturated heterocycles. The first-order valence-corrected chi connectivity index (χ1v) is 1.76. The predicted molar refractivity (Wildman–Crippen MR) is 25.4 cm³/mol. The molecule has 0 radical (unpaired) electrons. The van der Waals surface area contributed by atoms with Gasteiger partial charge in [-0.3, -0.25) is 4.42 Å². The molecule has 6 heavy (non-hydrogen) atoms. The highest BCUT2D eigenvalue weighted by atomic mass is 35.5. The maximum atomic E-state index is 8.23. The fraction of sp³-hybridized carbons (Fsp3) is 0.333. The topological polar surface area (TPSA) is 23.5 Å². The molecule has 0 aliphatic heterocycles. The minimum Gasteiger partial charge on any atom is -0.494 e. The zero-order chi connectivity index (χ0) is 5.15. The first-order chi connectivity index (χ1) is 2.64. The van der Waals surface area contributed by atoms with E-state index in [1.807, 2.05) is 0 Å². The van der Waals surface area contributed by atoms with Crippen molar-refractivity contribution in [3.63, 3.8) is 0 Å². The Balaban J connectivity index is 3.26. The smallest absolute Gasteiger partial charge is 0.193 e. The second-order valence-electron chi connectivity index (χ2n) is 0.893. The summed E-state index contributed by atoms with van der Waals surface area (Å²) in [6.45, 7) is 3.10. The van der Waals surface area contributed by atoms with Crippen LogP contribution in [0.3, 0.4) is 0 Å². The molecule has 0 bridgehead atoms. The zero-order valence-corrected chi connectivity index (χ0v) is 4.24. The maximum Gasteiger partial charge on any atom is 0.193 e. The minimum absolute atomic E-state index is 0.142. The third-order valence-corrected chi connectivity index (χ3v) is 0.551. The van der Waals surface area contributed by atoms with Crippen molar-refractivity contribution in [3.8, 4) is 0 Å². The van der Waals surface area contributed by atoms with Crippen molar-refractivity contribution in [2.45, 2.75) is 0 Å². The highest BCUT2D eigenvalue weighted by Gasteiger charge is 1.86. The van der Waals surface area contributed by atoms with Gasteiger partial charge in [-0.15, -0.1) is 0 Å². The summed E-state index contributed by atoms with van der Waals surface area (Å²) >= 11 is 5.10. The van der Waals surface area contributed by atoms with Gasteiger partial charge >= 0.3 is 0 Å². The lowest BCUT2D eigenvalue weighted by molar-refractivity contribution is 0.316. The van der Waals surface area contributed by atoms with Gasteiger partial charge in [0.25, 0.3) is 0 Å². The van der Waals surface area contributed by atoms with Crippen LogP contribution < -0.4 is 0 Å². The molecular formula is C3H6ClNO. The molecular weight excluding hydrogens is 101 g/mol. The number of aliphatic hydroxyl groups is 1. The van der Waals surface area contributed by atoms with E-state index in [-0.39, 0.29) is 5.88 Å². The molecule has 0 aromatic heterocycles. The van der Waals surface area contributed by atoms with Crippen LogP contribution in [0, 0.1) is 0 Å². The van der Waals surface area contributed by atoms with Gasteiger partial charge in [-0.25, -0.2) is 0 Å². The van der Waals surface area contributed by atoms with Gasteiger partial charge < -0.3 is 5.11 Å². The highest BCUT2D eigenvalue weighted by molar-refractivity contribution is 6.13. The average Bonchev–Trinajstić information content (AvgIpc) is 1.36. The molecule has 0 fully saturated rings. The van der Waals surface area contributed by atoms with Gasteiger partial charge in [0.1, 0.15) is 0 Å². The average molecular weight is 108 g/mol. The summed E-state index contributed by atoms with van der Waals surface area (Å²) in [5, 5.41) is 8.23. The molecule has 0 atom stereocenters. The monoisotopic (exact) mass is 107 g/mol. The first kappa shape index (κ1) is 5.63. The van der Waals surface area contributed by atoms with Gasteiger partial charge in [0, 0.05) is 18.8 Å². The van der Waals surface area contributed by atoms with Crippen molar-refractivity contribution in [2.75, 3.05) is 7.05 Å². The van der Waals surface area contributed by atoms with Crippen LogP contribution in [0.4, 0.5) is 0 Å². The Morgan fingerprint density at radius 3 is 2.17 bits per heavy atom. The van der Waals surface area contributed by atoms with E-state index in [1.165, 1.54) is 7.05 Å². The molecule has 0 amide bonds. The number of rotatable bonds is 1. The molecule has 0 aromatic rings. The van der Waals surface area contributed by atoms with Gasteiger partial charge in [-0.2, -0.15) is 0 Å². The molecule has 0 saturated carbocycles. The fourth-order valence-corrected chi connectivity index (χ4v) is 0.